The third-order valence-electron chi connectivity index (χ3n) is 3.76. The van der Waals surface area contributed by atoms with E-state index in [1.165, 1.54) is 5.56 Å². The Morgan fingerprint density at radius 3 is 2.78 bits per heavy atom. The Morgan fingerprint density at radius 2 is 2.17 bits per heavy atom. The van der Waals surface area contributed by atoms with E-state index in [4.69, 9.17) is 10.6 Å². The highest BCUT2D eigenvalue weighted by molar-refractivity contribution is 9.10. The van der Waals surface area contributed by atoms with E-state index in [-0.39, 0.29) is 0 Å². The molecule has 0 aliphatic carbocycles. The second kappa shape index (κ2) is 6.66. The molecule has 1 aliphatic heterocycles. The summed E-state index contributed by atoms with van der Waals surface area (Å²) in [6.07, 6.45) is 3.46. The first-order valence-electron chi connectivity index (χ1n) is 6.56. The first-order chi connectivity index (χ1) is 8.74. The van der Waals surface area contributed by atoms with Gasteiger partial charge in [-0.15, -0.1) is 0 Å². The highest BCUT2D eigenvalue weighted by Crippen LogP contribution is 2.28. The van der Waals surface area contributed by atoms with Crippen molar-refractivity contribution in [2.75, 3.05) is 6.61 Å². The van der Waals surface area contributed by atoms with Crippen molar-refractivity contribution in [3.05, 3.63) is 34.3 Å². The van der Waals surface area contributed by atoms with Crippen LogP contribution in [-0.4, -0.2) is 18.8 Å². The van der Waals surface area contributed by atoms with E-state index in [0.717, 1.165) is 30.3 Å². The SMILES string of the molecule is CCC1OCCC1C(Cc1ccc(Br)cc1)NN. The molecule has 0 amide bonds. The van der Waals surface area contributed by atoms with Gasteiger partial charge in [0.15, 0.2) is 0 Å². The first kappa shape index (κ1) is 14.0. The largest absolute Gasteiger partial charge is 0.378 e. The molecular formula is C14H21BrN2O. The molecule has 2 rings (SSSR count). The van der Waals surface area contributed by atoms with Gasteiger partial charge in [0.25, 0.3) is 0 Å². The molecule has 0 saturated carbocycles. The molecule has 3 unspecified atom stereocenters. The summed E-state index contributed by atoms with van der Waals surface area (Å²) >= 11 is 3.46. The molecule has 18 heavy (non-hydrogen) atoms. The molecule has 1 fully saturated rings. The number of benzene rings is 1. The maximum atomic E-state index is 5.75. The third-order valence-corrected chi connectivity index (χ3v) is 4.29. The molecule has 0 bridgehead atoms. The maximum Gasteiger partial charge on any atom is 0.0617 e. The van der Waals surface area contributed by atoms with Crippen LogP contribution in [0, 0.1) is 5.92 Å². The van der Waals surface area contributed by atoms with E-state index < -0.39 is 0 Å². The average Bonchev–Trinajstić information content (AvgIpc) is 2.86. The number of hydrogen-bond donors (Lipinski definition) is 2. The zero-order valence-corrected chi connectivity index (χ0v) is 12.3. The third kappa shape index (κ3) is 3.32. The van der Waals surface area contributed by atoms with Gasteiger partial charge in [-0.05, 0) is 37.0 Å². The summed E-state index contributed by atoms with van der Waals surface area (Å²) in [5.41, 5.74) is 4.29. The Hall–Kier alpha value is -0.420. The van der Waals surface area contributed by atoms with Crippen molar-refractivity contribution in [3.8, 4) is 0 Å². The van der Waals surface area contributed by atoms with E-state index in [1.54, 1.807) is 0 Å². The van der Waals surface area contributed by atoms with Crippen LogP contribution in [0.1, 0.15) is 25.3 Å². The van der Waals surface area contributed by atoms with Gasteiger partial charge in [-0.3, -0.25) is 11.3 Å². The fourth-order valence-corrected chi connectivity index (χ4v) is 3.02. The first-order valence-corrected chi connectivity index (χ1v) is 7.36. The fourth-order valence-electron chi connectivity index (χ4n) is 2.75. The molecule has 3 N–H and O–H groups in total. The summed E-state index contributed by atoms with van der Waals surface area (Å²) in [6, 6.07) is 8.73. The lowest BCUT2D eigenvalue weighted by atomic mass is 9.88. The minimum atomic E-state index is 0.290. The highest BCUT2D eigenvalue weighted by atomic mass is 79.9. The topological polar surface area (TPSA) is 47.3 Å². The Morgan fingerprint density at radius 1 is 1.44 bits per heavy atom. The summed E-state index contributed by atoms with van der Waals surface area (Å²) in [5, 5.41) is 0. The van der Waals surface area contributed by atoms with Crippen LogP contribution in [0.5, 0.6) is 0 Å². The van der Waals surface area contributed by atoms with E-state index >= 15 is 0 Å². The van der Waals surface area contributed by atoms with Crippen LogP contribution in [0.15, 0.2) is 28.7 Å². The number of rotatable bonds is 5. The van der Waals surface area contributed by atoms with Crippen LogP contribution in [0.3, 0.4) is 0 Å². The van der Waals surface area contributed by atoms with Gasteiger partial charge < -0.3 is 4.74 Å². The van der Waals surface area contributed by atoms with Crippen LogP contribution in [-0.2, 0) is 11.2 Å². The maximum absolute atomic E-state index is 5.75. The van der Waals surface area contributed by atoms with Crippen molar-refractivity contribution >= 4 is 15.9 Å². The van der Waals surface area contributed by atoms with Crippen molar-refractivity contribution in [1.82, 2.24) is 5.43 Å². The van der Waals surface area contributed by atoms with Crippen LogP contribution in [0.4, 0.5) is 0 Å². The smallest absolute Gasteiger partial charge is 0.0617 e. The Kier molecular flexibility index (Phi) is 5.18. The van der Waals surface area contributed by atoms with Gasteiger partial charge in [0.1, 0.15) is 0 Å². The molecular weight excluding hydrogens is 292 g/mol. The minimum absolute atomic E-state index is 0.290. The zero-order valence-electron chi connectivity index (χ0n) is 10.7. The van der Waals surface area contributed by atoms with Gasteiger partial charge in [0.2, 0.25) is 0 Å². The van der Waals surface area contributed by atoms with Gasteiger partial charge in [0, 0.05) is 23.0 Å². The van der Waals surface area contributed by atoms with Crippen molar-refractivity contribution < 1.29 is 4.74 Å². The van der Waals surface area contributed by atoms with E-state index in [0.29, 0.717) is 18.1 Å². The van der Waals surface area contributed by atoms with Gasteiger partial charge in [-0.2, -0.15) is 0 Å². The predicted molar refractivity (Wildman–Crippen MR) is 77.1 cm³/mol. The molecule has 3 nitrogen and oxygen atoms in total. The van der Waals surface area contributed by atoms with Crippen LogP contribution in [0.2, 0.25) is 0 Å². The Labute approximate surface area is 117 Å². The number of nitrogens with two attached hydrogens (primary N) is 1. The molecule has 0 aromatic heterocycles. The number of nitrogens with one attached hydrogen (secondary N) is 1. The summed E-state index contributed by atoms with van der Waals surface area (Å²) < 4.78 is 6.86. The van der Waals surface area contributed by atoms with Gasteiger partial charge in [-0.1, -0.05) is 35.0 Å². The number of hydrogen-bond acceptors (Lipinski definition) is 3. The monoisotopic (exact) mass is 312 g/mol. The molecule has 1 saturated heterocycles. The molecule has 1 aliphatic rings. The second-order valence-corrected chi connectivity index (χ2v) is 5.79. The van der Waals surface area contributed by atoms with Gasteiger partial charge in [-0.25, -0.2) is 0 Å². The van der Waals surface area contributed by atoms with Crippen molar-refractivity contribution in [2.24, 2.45) is 11.8 Å². The van der Waals surface area contributed by atoms with E-state index in [9.17, 15) is 0 Å². The Balaban J connectivity index is 2.02. The highest BCUT2D eigenvalue weighted by Gasteiger charge is 2.33. The molecule has 0 radical (unpaired) electrons. The normalized spacial score (nSPS) is 25.3. The van der Waals surface area contributed by atoms with Crippen LogP contribution >= 0.6 is 15.9 Å². The lowest BCUT2D eigenvalue weighted by Gasteiger charge is -2.26. The fraction of sp³-hybridized carbons (Fsp3) is 0.571. The summed E-state index contributed by atoms with van der Waals surface area (Å²) in [6.45, 7) is 3.04. The quantitative estimate of drug-likeness (QED) is 0.649. The van der Waals surface area contributed by atoms with Gasteiger partial charge in [0.05, 0.1) is 6.10 Å². The van der Waals surface area contributed by atoms with Crippen molar-refractivity contribution in [3.63, 3.8) is 0 Å². The van der Waals surface area contributed by atoms with E-state index in [2.05, 4.69) is 52.5 Å². The lowest BCUT2D eigenvalue weighted by molar-refractivity contribution is 0.0775. The Bertz CT molecular complexity index is 369. The number of hydrazine groups is 1. The predicted octanol–water partition coefficient (Wildman–Crippen LogP) is 2.64. The minimum Gasteiger partial charge on any atom is -0.378 e. The van der Waals surface area contributed by atoms with Crippen LogP contribution < -0.4 is 11.3 Å². The molecule has 1 aromatic carbocycles. The van der Waals surface area contributed by atoms with Crippen molar-refractivity contribution in [2.45, 2.75) is 38.3 Å². The number of ether oxygens (including phenoxy) is 1. The summed E-state index contributed by atoms with van der Waals surface area (Å²) in [4.78, 5) is 0. The van der Waals surface area contributed by atoms with Crippen LogP contribution in [0.25, 0.3) is 0 Å². The second-order valence-electron chi connectivity index (χ2n) is 4.87. The van der Waals surface area contributed by atoms with Crippen molar-refractivity contribution in [1.29, 1.82) is 0 Å². The van der Waals surface area contributed by atoms with E-state index in [1.807, 2.05) is 0 Å². The average molecular weight is 313 g/mol. The standard InChI is InChI=1S/C14H21BrN2O/c1-2-14-12(7-8-18-14)13(17-16)9-10-3-5-11(15)6-4-10/h3-6,12-14,17H,2,7-9,16H2,1H3. The molecule has 100 valence electrons. The molecule has 3 atom stereocenters. The van der Waals surface area contributed by atoms with Gasteiger partial charge >= 0.3 is 0 Å². The molecule has 0 spiro atoms. The lowest BCUT2D eigenvalue weighted by Crippen LogP contribution is -2.45. The zero-order chi connectivity index (χ0) is 13.0. The molecule has 4 heteroatoms. The summed E-state index contributed by atoms with van der Waals surface area (Å²) in [7, 11) is 0. The molecule has 1 heterocycles. The number of halogens is 1. The molecule has 1 aromatic rings. The summed E-state index contributed by atoms with van der Waals surface area (Å²) in [5.74, 6) is 6.25.